The van der Waals surface area contributed by atoms with Crippen molar-refractivity contribution in [1.29, 1.82) is 0 Å². The molecule has 0 bridgehead atoms. The Kier molecular flexibility index (Phi) is 2.18. The molecule has 1 unspecified atom stereocenters. The molecule has 0 aliphatic heterocycles. The molecule has 0 amide bonds. The van der Waals surface area contributed by atoms with Crippen LogP contribution in [0.25, 0.3) is 0 Å². The third-order valence-electron chi connectivity index (χ3n) is 2.12. The van der Waals surface area contributed by atoms with Crippen LogP contribution >= 0.6 is 7.37 Å². The largest absolute Gasteiger partial charge is 0.344 e. The van der Waals surface area contributed by atoms with E-state index in [9.17, 15) is 4.57 Å². The summed E-state index contributed by atoms with van der Waals surface area (Å²) in [6.45, 7) is 1.43. The molecule has 1 aliphatic carbocycles. The van der Waals surface area contributed by atoms with Crippen LogP contribution in [0.4, 0.5) is 0 Å². The first kappa shape index (κ1) is 8.25. The molecule has 0 heterocycles. The van der Waals surface area contributed by atoms with Crippen LogP contribution in [0, 0.1) is 0 Å². The van der Waals surface area contributed by atoms with E-state index in [1.54, 1.807) is 0 Å². The lowest BCUT2D eigenvalue weighted by molar-refractivity contribution is 0.468. The van der Waals surface area contributed by atoms with E-state index < -0.39 is 7.37 Å². The van der Waals surface area contributed by atoms with Gasteiger partial charge in [-0.1, -0.05) is 0 Å². The summed E-state index contributed by atoms with van der Waals surface area (Å²) in [5, 5.41) is 0. The van der Waals surface area contributed by atoms with Gasteiger partial charge in [0.1, 0.15) is 0 Å². The van der Waals surface area contributed by atoms with E-state index in [-0.39, 0.29) is 11.7 Å². The van der Waals surface area contributed by atoms with Crippen LogP contribution in [0.2, 0.25) is 0 Å². The molecule has 3 atom stereocenters. The predicted molar refractivity (Wildman–Crippen MR) is 41.4 cm³/mol. The SMILES string of the molecule is CP(=O)(O)[C@H]1CC[C@@H](N)C1. The Morgan fingerprint density at radius 2 is 2.20 bits per heavy atom. The number of nitrogens with two attached hydrogens (primary N) is 1. The van der Waals surface area contributed by atoms with Crippen LogP contribution in [0.3, 0.4) is 0 Å². The van der Waals surface area contributed by atoms with Crippen LogP contribution in [0.1, 0.15) is 19.3 Å². The first-order valence-electron chi connectivity index (χ1n) is 3.55. The number of hydrogen-bond donors (Lipinski definition) is 2. The second kappa shape index (κ2) is 2.65. The van der Waals surface area contributed by atoms with Crippen molar-refractivity contribution in [2.45, 2.75) is 31.0 Å². The molecular formula is C6H14NO2P. The van der Waals surface area contributed by atoms with E-state index in [4.69, 9.17) is 10.6 Å². The smallest absolute Gasteiger partial charge is 0.200 e. The van der Waals surface area contributed by atoms with Gasteiger partial charge in [0.25, 0.3) is 0 Å². The Morgan fingerprint density at radius 1 is 1.60 bits per heavy atom. The van der Waals surface area contributed by atoms with Crippen LogP contribution in [0.15, 0.2) is 0 Å². The zero-order valence-corrected chi connectivity index (χ0v) is 7.05. The van der Waals surface area contributed by atoms with Gasteiger partial charge >= 0.3 is 0 Å². The fourth-order valence-electron chi connectivity index (χ4n) is 1.43. The minimum Gasteiger partial charge on any atom is -0.344 e. The lowest BCUT2D eigenvalue weighted by Gasteiger charge is -2.12. The van der Waals surface area contributed by atoms with Gasteiger partial charge < -0.3 is 10.6 Å². The van der Waals surface area contributed by atoms with Crippen LogP contribution < -0.4 is 5.73 Å². The van der Waals surface area contributed by atoms with Crippen molar-refractivity contribution in [2.24, 2.45) is 5.73 Å². The topological polar surface area (TPSA) is 63.3 Å². The van der Waals surface area contributed by atoms with Gasteiger partial charge in [-0.2, -0.15) is 0 Å². The Labute approximate surface area is 61.1 Å². The fraction of sp³-hybridized carbons (Fsp3) is 1.00. The lowest BCUT2D eigenvalue weighted by Crippen LogP contribution is -2.16. The Morgan fingerprint density at radius 3 is 2.40 bits per heavy atom. The minimum atomic E-state index is -2.83. The molecule has 1 rings (SSSR count). The molecule has 3 nitrogen and oxygen atoms in total. The van der Waals surface area contributed by atoms with Crippen molar-refractivity contribution >= 4 is 7.37 Å². The van der Waals surface area contributed by atoms with Gasteiger partial charge in [0, 0.05) is 18.4 Å². The quantitative estimate of drug-likeness (QED) is 0.561. The van der Waals surface area contributed by atoms with Gasteiger partial charge in [0.05, 0.1) is 0 Å². The molecular weight excluding hydrogens is 149 g/mol. The monoisotopic (exact) mass is 163 g/mol. The summed E-state index contributed by atoms with van der Waals surface area (Å²) in [6, 6.07) is 0.158. The fourth-order valence-corrected chi connectivity index (χ4v) is 2.72. The van der Waals surface area contributed by atoms with Crippen LogP contribution in [-0.2, 0) is 4.57 Å². The van der Waals surface area contributed by atoms with Gasteiger partial charge in [0.2, 0.25) is 7.37 Å². The highest BCUT2D eigenvalue weighted by Gasteiger charge is 2.32. The van der Waals surface area contributed by atoms with E-state index in [1.165, 1.54) is 6.66 Å². The van der Waals surface area contributed by atoms with Crippen molar-refractivity contribution in [1.82, 2.24) is 0 Å². The molecule has 0 aromatic heterocycles. The molecule has 1 aliphatic rings. The maximum atomic E-state index is 11.1. The summed E-state index contributed by atoms with van der Waals surface area (Å²) in [5.74, 6) is 0. The van der Waals surface area contributed by atoms with E-state index >= 15 is 0 Å². The van der Waals surface area contributed by atoms with Gasteiger partial charge in [-0.3, -0.25) is 4.57 Å². The Balaban J connectivity index is 2.53. The minimum absolute atomic E-state index is 0.0255. The predicted octanol–water partition coefficient (Wildman–Crippen LogP) is 0.766. The molecule has 4 heteroatoms. The maximum absolute atomic E-state index is 11.1. The van der Waals surface area contributed by atoms with Gasteiger partial charge in [-0.25, -0.2) is 0 Å². The van der Waals surface area contributed by atoms with E-state index in [1.807, 2.05) is 0 Å². The summed E-state index contributed by atoms with van der Waals surface area (Å²) >= 11 is 0. The lowest BCUT2D eigenvalue weighted by atomic mass is 10.3. The molecule has 0 radical (unpaired) electrons. The average molecular weight is 163 g/mol. The third kappa shape index (κ3) is 1.82. The molecule has 1 saturated carbocycles. The summed E-state index contributed by atoms with van der Waals surface area (Å²) in [5.41, 5.74) is 5.56. The molecule has 0 saturated heterocycles. The number of rotatable bonds is 1. The van der Waals surface area contributed by atoms with Gasteiger partial charge in [-0.05, 0) is 19.3 Å². The molecule has 0 aromatic rings. The average Bonchev–Trinajstić information content (AvgIpc) is 2.11. The molecule has 3 N–H and O–H groups in total. The van der Waals surface area contributed by atoms with Gasteiger partial charge in [0.15, 0.2) is 0 Å². The van der Waals surface area contributed by atoms with Crippen LogP contribution in [0.5, 0.6) is 0 Å². The van der Waals surface area contributed by atoms with Crippen molar-refractivity contribution in [3.8, 4) is 0 Å². The normalized spacial score (nSPS) is 39.5. The highest BCUT2D eigenvalue weighted by Crippen LogP contribution is 2.49. The van der Waals surface area contributed by atoms with Crippen molar-refractivity contribution in [2.75, 3.05) is 6.66 Å². The summed E-state index contributed by atoms with van der Waals surface area (Å²) in [6.07, 6.45) is 2.46. The third-order valence-corrected chi connectivity index (χ3v) is 3.95. The Bertz CT molecular complexity index is 165. The molecule has 10 heavy (non-hydrogen) atoms. The maximum Gasteiger partial charge on any atom is 0.200 e. The molecule has 1 fully saturated rings. The standard InChI is InChI=1S/C6H14NO2P/c1-10(8,9)6-3-2-5(7)4-6/h5-6H,2-4,7H2,1H3,(H,8,9)/t5-,6+/m1/s1. The number of hydrogen-bond acceptors (Lipinski definition) is 2. The molecule has 0 spiro atoms. The summed E-state index contributed by atoms with van der Waals surface area (Å²) in [7, 11) is -2.83. The van der Waals surface area contributed by atoms with E-state index in [2.05, 4.69) is 0 Å². The first-order chi connectivity index (χ1) is 4.50. The zero-order chi connectivity index (χ0) is 7.78. The zero-order valence-electron chi connectivity index (χ0n) is 6.16. The molecule has 0 aromatic carbocycles. The van der Waals surface area contributed by atoms with Crippen LogP contribution in [-0.4, -0.2) is 23.3 Å². The molecule has 60 valence electrons. The summed E-state index contributed by atoms with van der Waals surface area (Å²) < 4.78 is 11.1. The Hall–Kier alpha value is 0.150. The second-order valence-electron chi connectivity index (χ2n) is 3.17. The highest BCUT2D eigenvalue weighted by molar-refractivity contribution is 7.57. The summed E-state index contributed by atoms with van der Waals surface area (Å²) in [4.78, 5) is 9.14. The van der Waals surface area contributed by atoms with Gasteiger partial charge in [-0.15, -0.1) is 0 Å². The van der Waals surface area contributed by atoms with E-state index in [0.717, 1.165) is 19.3 Å². The highest BCUT2D eigenvalue weighted by atomic mass is 31.2. The van der Waals surface area contributed by atoms with E-state index in [0.29, 0.717) is 0 Å². The van der Waals surface area contributed by atoms with Crippen molar-refractivity contribution < 1.29 is 9.46 Å². The van der Waals surface area contributed by atoms with Crippen molar-refractivity contribution in [3.05, 3.63) is 0 Å². The second-order valence-corrected chi connectivity index (χ2v) is 5.79. The first-order valence-corrected chi connectivity index (χ1v) is 5.73. The van der Waals surface area contributed by atoms with Crippen molar-refractivity contribution in [3.63, 3.8) is 0 Å².